The summed E-state index contributed by atoms with van der Waals surface area (Å²) in [6, 6.07) is 0.827. The Hall–Kier alpha value is -1.05. The van der Waals surface area contributed by atoms with Crippen LogP contribution in [0.5, 0.6) is 0 Å². The average Bonchev–Trinajstić information content (AvgIpc) is 2.63. The van der Waals surface area contributed by atoms with Gasteiger partial charge in [0.15, 0.2) is 0 Å². The molecule has 1 unspecified atom stereocenters. The molecule has 0 aliphatic heterocycles. The lowest BCUT2D eigenvalue weighted by Crippen LogP contribution is -2.41. The molecule has 0 fully saturated rings. The van der Waals surface area contributed by atoms with E-state index in [4.69, 9.17) is 5.11 Å². The van der Waals surface area contributed by atoms with Gasteiger partial charge in [0.05, 0.1) is 0 Å². The van der Waals surface area contributed by atoms with E-state index in [1.54, 1.807) is 12.3 Å². The van der Waals surface area contributed by atoms with Crippen LogP contribution in [0.2, 0.25) is 0 Å². The van der Waals surface area contributed by atoms with Crippen molar-refractivity contribution in [2.24, 2.45) is 5.92 Å². The molecule has 17 heavy (non-hydrogen) atoms. The summed E-state index contributed by atoms with van der Waals surface area (Å²) in [6.07, 6.45) is 2.10. The summed E-state index contributed by atoms with van der Waals surface area (Å²) in [7, 11) is 0. The number of nitrogens with one attached hydrogen (secondary N) is 2. The highest BCUT2D eigenvalue weighted by molar-refractivity contribution is 14.1. The Labute approximate surface area is 113 Å². The van der Waals surface area contributed by atoms with Crippen molar-refractivity contribution in [3.8, 4) is 0 Å². The number of carboxylic acid groups (broad SMARTS) is 1. The van der Waals surface area contributed by atoms with Crippen LogP contribution < -0.4 is 5.32 Å². The fraction of sp³-hybridized carbons (Fsp3) is 0.455. The quantitative estimate of drug-likeness (QED) is 0.709. The molecule has 1 heterocycles. The summed E-state index contributed by atoms with van der Waals surface area (Å²) in [4.78, 5) is 25.5. The molecule has 0 bridgehead atoms. The Morgan fingerprint density at radius 2 is 2.18 bits per heavy atom. The summed E-state index contributed by atoms with van der Waals surface area (Å²) in [5.74, 6) is -1.19. The van der Waals surface area contributed by atoms with Gasteiger partial charge in [-0.1, -0.05) is 13.8 Å². The molecular weight excluding hydrogens is 335 g/mol. The molecule has 0 saturated carbocycles. The fourth-order valence-electron chi connectivity index (χ4n) is 1.43. The first-order valence-corrected chi connectivity index (χ1v) is 6.35. The van der Waals surface area contributed by atoms with Crippen LogP contribution in [-0.2, 0) is 4.79 Å². The highest BCUT2D eigenvalue weighted by Gasteiger charge is 2.22. The van der Waals surface area contributed by atoms with E-state index in [-0.39, 0.29) is 11.8 Å². The summed E-state index contributed by atoms with van der Waals surface area (Å²) < 4.78 is 0.906. The van der Waals surface area contributed by atoms with Gasteiger partial charge in [-0.15, -0.1) is 0 Å². The molecule has 0 aromatic carbocycles. The number of carboxylic acids is 1. The maximum atomic E-state index is 11.7. The van der Waals surface area contributed by atoms with Gasteiger partial charge in [-0.05, 0) is 41.0 Å². The predicted molar refractivity (Wildman–Crippen MR) is 71.9 cm³/mol. The van der Waals surface area contributed by atoms with Gasteiger partial charge in [0.1, 0.15) is 11.7 Å². The molecular formula is C11H15IN2O3. The topological polar surface area (TPSA) is 82.2 Å². The van der Waals surface area contributed by atoms with Gasteiger partial charge in [-0.2, -0.15) is 0 Å². The Morgan fingerprint density at radius 3 is 2.59 bits per heavy atom. The fourth-order valence-corrected chi connectivity index (χ4v) is 1.90. The second-order valence-corrected chi connectivity index (χ2v) is 5.47. The van der Waals surface area contributed by atoms with E-state index >= 15 is 0 Å². The average molecular weight is 350 g/mol. The minimum absolute atomic E-state index is 0.208. The van der Waals surface area contributed by atoms with Crippen LogP contribution in [0.1, 0.15) is 30.8 Å². The first kappa shape index (κ1) is 14.0. The van der Waals surface area contributed by atoms with Gasteiger partial charge in [-0.3, -0.25) is 4.79 Å². The third-order valence-corrected chi connectivity index (χ3v) is 2.83. The van der Waals surface area contributed by atoms with Crippen LogP contribution in [0.4, 0.5) is 0 Å². The lowest BCUT2D eigenvalue weighted by molar-refractivity contribution is -0.139. The first-order valence-electron chi connectivity index (χ1n) is 5.27. The number of H-pyrrole nitrogens is 1. The zero-order valence-electron chi connectivity index (χ0n) is 9.66. The van der Waals surface area contributed by atoms with Gasteiger partial charge < -0.3 is 15.4 Å². The number of hydrogen-bond acceptors (Lipinski definition) is 2. The minimum Gasteiger partial charge on any atom is -0.480 e. The second-order valence-electron chi connectivity index (χ2n) is 4.23. The van der Waals surface area contributed by atoms with E-state index in [0.717, 1.165) is 3.57 Å². The molecule has 0 spiro atoms. The smallest absolute Gasteiger partial charge is 0.326 e. The highest BCUT2D eigenvalue weighted by Crippen LogP contribution is 2.09. The van der Waals surface area contributed by atoms with Crippen LogP contribution in [0.25, 0.3) is 0 Å². The van der Waals surface area contributed by atoms with Crippen molar-refractivity contribution in [2.45, 2.75) is 26.3 Å². The van der Waals surface area contributed by atoms with Gasteiger partial charge in [0, 0.05) is 9.77 Å². The summed E-state index contributed by atoms with van der Waals surface area (Å²) in [6.45, 7) is 3.83. The first-order chi connectivity index (χ1) is 7.90. The van der Waals surface area contributed by atoms with Crippen LogP contribution >= 0.6 is 22.6 Å². The normalized spacial score (nSPS) is 12.5. The molecule has 1 aromatic rings. The molecule has 1 atom stereocenters. The Bertz CT molecular complexity index is 415. The maximum Gasteiger partial charge on any atom is 0.326 e. The van der Waals surface area contributed by atoms with Crippen LogP contribution in [-0.4, -0.2) is 28.0 Å². The van der Waals surface area contributed by atoms with Gasteiger partial charge >= 0.3 is 5.97 Å². The molecule has 0 saturated heterocycles. The number of amides is 1. The van der Waals surface area contributed by atoms with Crippen LogP contribution in [0.15, 0.2) is 12.3 Å². The Morgan fingerprint density at radius 1 is 1.53 bits per heavy atom. The Kier molecular flexibility index (Phi) is 4.98. The lowest BCUT2D eigenvalue weighted by atomic mass is 10.0. The van der Waals surface area contributed by atoms with Crippen molar-refractivity contribution in [3.63, 3.8) is 0 Å². The van der Waals surface area contributed by atoms with Crippen LogP contribution in [0, 0.1) is 9.49 Å². The van der Waals surface area contributed by atoms with Gasteiger partial charge in [0.25, 0.3) is 5.91 Å². The SMILES string of the molecule is CC(C)CC(NC(=O)c1cc(I)c[nH]1)C(=O)O. The van der Waals surface area contributed by atoms with E-state index in [1.165, 1.54) is 0 Å². The Balaban J connectivity index is 2.67. The maximum absolute atomic E-state index is 11.7. The molecule has 3 N–H and O–H groups in total. The summed E-state index contributed by atoms with van der Waals surface area (Å²) >= 11 is 2.07. The molecule has 1 aromatic heterocycles. The van der Waals surface area contributed by atoms with Crippen molar-refractivity contribution >= 4 is 34.5 Å². The van der Waals surface area contributed by atoms with E-state index in [0.29, 0.717) is 12.1 Å². The van der Waals surface area contributed by atoms with E-state index < -0.39 is 12.0 Å². The molecule has 6 heteroatoms. The minimum atomic E-state index is -1.01. The number of aromatic nitrogens is 1. The van der Waals surface area contributed by atoms with E-state index in [1.807, 2.05) is 13.8 Å². The summed E-state index contributed by atoms with van der Waals surface area (Å²) in [5, 5.41) is 11.5. The highest BCUT2D eigenvalue weighted by atomic mass is 127. The summed E-state index contributed by atoms with van der Waals surface area (Å²) in [5.41, 5.74) is 0.379. The van der Waals surface area contributed by atoms with Crippen molar-refractivity contribution < 1.29 is 14.7 Å². The predicted octanol–water partition coefficient (Wildman–Crippen LogP) is 1.85. The van der Waals surface area contributed by atoms with Crippen molar-refractivity contribution in [3.05, 3.63) is 21.5 Å². The van der Waals surface area contributed by atoms with Crippen LogP contribution in [0.3, 0.4) is 0 Å². The number of halogens is 1. The third-order valence-electron chi connectivity index (χ3n) is 2.20. The zero-order chi connectivity index (χ0) is 13.0. The number of carbonyl (C=O) groups is 2. The van der Waals surface area contributed by atoms with Gasteiger partial charge in [0.2, 0.25) is 0 Å². The molecule has 94 valence electrons. The number of hydrogen-bond donors (Lipinski definition) is 3. The van der Waals surface area contributed by atoms with Crippen molar-refractivity contribution in [2.75, 3.05) is 0 Å². The zero-order valence-corrected chi connectivity index (χ0v) is 11.8. The van der Waals surface area contributed by atoms with Gasteiger partial charge in [-0.25, -0.2) is 4.79 Å². The molecule has 1 amide bonds. The monoisotopic (exact) mass is 350 g/mol. The standard InChI is InChI=1S/C11H15IN2O3/c1-6(2)3-9(11(16)17)14-10(15)8-4-7(12)5-13-8/h4-6,9,13H,3H2,1-2H3,(H,14,15)(H,16,17). The molecule has 5 nitrogen and oxygen atoms in total. The van der Waals surface area contributed by atoms with Crippen molar-refractivity contribution in [1.82, 2.24) is 10.3 Å². The third kappa shape index (κ3) is 4.37. The largest absolute Gasteiger partial charge is 0.480 e. The second kappa shape index (κ2) is 6.04. The number of aromatic amines is 1. The molecule has 0 aliphatic carbocycles. The molecule has 0 radical (unpaired) electrons. The lowest BCUT2D eigenvalue weighted by Gasteiger charge is -2.15. The number of rotatable bonds is 5. The van der Waals surface area contributed by atoms with E-state index in [9.17, 15) is 9.59 Å². The molecule has 0 aliphatic rings. The van der Waals surface area contributed by atoms with E-state index in [2.05, 4.69) is 32.9 Å². The molecule has 1 rings (SSSR count). The number of carbonyl (C=O) groups excluding carboxylic acids is 1. The van der Waals surface area contributed by atoms with Crippen molar-refractivity contribution in [1.29, 1.82) is 0 Å². The number of aliphatic carboxylic acids is 1.